The van der Waals surface area contributed by atoms with Crippen LogP contribution >= 0.6 is 0 Å². The van der Waals surface area contributed by atoms with Crippen LogP contribution in [-0.2, 0) is 0 Å². The maximum atomic E-state index is 6.09. The first-order chi connectivity index (χ1) is 6.77. The molecule has 1 fully saturated rings. The van der Waals surface area contributed by atoms with Crippen LogP contribution in [0.4, 0.5) is 5.82 Å². The zero-order chi connectivity index (χ0) is 9.97. The van der Waals surface area contributed by atoms with Gasteiger partial charge in [0.1, 0.15) is 5.82 Å². The van der Waals surface area contributed by atoms with E-state index in [1.54, 1.807) is 6.20 Å². The van der Waals surface area contributed by atoms with E-state index in [4.69, 9.17) is 11.5 Å². The van der Waals surface area contributed by atoms with Crippen molar-refractivity contribution in [3.63, 3.8) is 0 Å². The number of aromatic nitrogens is 1. The van der Waals surface area contributed by atoms with Crippen molar-refractivity contribution in [1.29, 1.82) is 0 Å². The molecule has 0 aromatic carbocycles. The molecule has 0 radical (unpaired) electrons. The van der Waals surface area contributed by atoms with Crippen molar-refractivity contribution in [2.75, 3.05) is 5.73 Å². The second-order valence-electron chi connectivity index (χ2n) is 4.12. The zero-order valence-corrected chi connectivity index (χ0v) is 8.32. The fraction of sp³-hybridized carbons (Fsp3) is 0.545. The van der Waals surface area contributed by atoms with Crippen LogP contribution in [0.15, 0.2) is 18.3 Å². The summed E-state index contributed by atoms with van der Waals surface area (Å²) in [5, 5.41) is 0. The molecule has 76 valence electrons. The number of hydrogen-bond donors (Lipinski definition) is 2. The molecule has 0 amide bonds. The molecular weight excluding hydrogens is 174 g/mol. The number of nitrogens with two attached hydrogens (primary N) is 2. The maximum absolute atomic E-state index is 6.09. The molecule has 1 saturated carbocycles. The average molecular weight is 191 g/mol. The third-order valence-electron chi connectivity index (χ3n) is 3.08. The van der Waals surface area contributed by atoms with Gasteiger partial charge in [-0.05, 0) is 18.4 Å². The first kappa shape index (κ1) is 9.46. The van der Waals surface area contributed by atoms with Gasteiger partial charge in [-0.2, -0.15) is 0 Å². The minimum atomic E-state index is 0.0639. The van der Waals surface area contributed by atoms with Crippen molar-refractivity contribution in [2.45, 2.75) is 31.7 Å². The normalized spacial score (nSPS) is 18.9. The first-order valence-corrected chi connectivity index (χ1v) is 5.23. The summed E-state index contributed by atoms with van der Waals surface area (Å²) in [6.45, 7) is 0. The molecule has 0 bridgehead atoms. The van der Waals surface area contributed by atoms with E-state index in [9.17, 15) is 0 Å². The number of pyridine rings is 1. The lowest BCUT2D eigenvalue weighted by Crippen LogP contribution is -2.21. The topological polar surface area (TPSA) is 64.9 Å². The van der Waals surface area contributed by atoms with E-state index in [1.165, 1.54) is 19.3 Å². The molecule has 14 heavy (non-hydrogen) atoms. The van der Waals surface area contributed by atoms with Crippen molar-refractivity contribution >= 4 is 5.82 Å². The molecule has 1 aromatic heterocycles. The quantitative estimate of drug-likeness (QED) is 0.766. The predicted octanol–water partition coefficient (Wildman–Crippen LogP) is 1.85. The summed E-state index contributed by atoms with van der Waals surface area (Å²) in [7, 11) is 0. The number of hydrogen-bond acceptors (Lipinski definition) is 3. The lowest BCUT2D eigenvalue weighted by molar-refractivity contribution is 0.277. The molecule has 4 N–H and O–H groups in total. The summed E-state index contributed by atoms with van der Waals surface area (Å²) in [5.74, 6) is 1.39. The molecule has 0 spiro atoms. The fourth-order valence-corrected chi connectivity index (χ4v) is 1.96. The zero-order valence-electron chi connectivity index (χ0n) is 8.32. The standard InChI is InChI=1S/C11H17N3/c12-10(7-8-3-1-4-8)9-5-2-6-14-11(9)13/h2,5-6,8,10H,1,3-4,7,12H2,(H2,13,14)/t10-/m1/s1. The maximum Gasteiger partial charge on any atom is 0.128 e. The Hall–Kier alpha value is -1.09. The van der Waals surface area contributed by atoms with E-state index in [1.807, 2.05) is 12.1 Å². The summed E-state index contributed by atoms with van der Waals surface area (Å²) in [5.41, 5.74) is 12.9. The monoisotopic (exact) mass is 191 g/mol. The Bertz CT molecular complexity index is 307. The second kappa shape index (κ2) is 3.96. The Kier molecular flexibility index (Phi) is 2.68. The van der Waals surface area contributed by atoms with Crippen LogP contribution in [0, 0.1) is 5.92 Å². The van der Waals surface area contributed by atoms with Crippen molar-refractivity contribution in [3.05, 3.63) is 23.9 Å². The van der Waals surface area contributed by atoms with Gasteiger partial charge in [0.2, 0.25) is 0 Å². The largest absolute Gasteiger partial charge is 0.383 e. The number of nitrogens with zero attached hydrogens (tertiary/aromatic N) is 1. The average Bonchev–Trinajstić information content (AvgIpc) is 2.12. The highest BCUT2D eigenvalue weighted by molar-refractivity contribution is 5.40. The molecule has 1 aliphatic rings. The number of anilines is 1. The van der Waals surface area contributed by atoms with Crippen LogP contribution < -0.4 is 11.5 Å². The molecule has 1 aliphatic carbocycles. The Balaban J connectivity index is 2.02. The van der Waals surface area contributed by atoms with Gasteiger partial charge < -0.3 is 11.5 Å². The number of nitrogen functional groups attached to an aromatic ring is 1. The first-order valence-electron chi connectivity index (χ1n) is 5.23. The Morgan fingerprint density at radius 2 is 2.29 bits per heavy atom. The minimum absolute atomic E-state index is 0.0639. The van der Waals surface area contributed by atoms with Gasteiger partial charge >= 0.3 is 0 Å². The molecule has 1 atom stereocenters. The van der Waals surface area contributed by atoms with Crippen LogP contribution in [-0.4, -0.2) is 4.98 Å². The van der Waals surface area contributed by atoms with Crippen molar-refractivity contribution in [3.8, 4) is 0 Å². The predicted molar refractivity (Wildman–Crippen MR) is 57.5 cm³/mol. The molecule has 0 aliphatic heterocycles. The molecule has 3 nitrogen and oxygen atoms in total. The van der Waals surface area contributed by atoms with Crippen LogP contribution in [0.5, 0.6) is 0 Å². The van der Waals surface area contributed by atoms with Gasteiger partial charge in [-0.3, -0.25) is 0 Å². The molecule has 1 aromatic rings. The minimum Gasteiger partial charge on any atom is -0.383 e. The summed E-state index contributed by atoms with van der Waals surface area (Å²) in [4.78, 5) is 4.05. The highest BCUT2D eigenvalue weighted by Crippen LogP contribution is 2.34. The molecule has 2 rings (SSSR count). The Morgan fingerprint density at radius 3 is 2.86 bits per heavy atom. The molecule has 3 heteroatoms. The van der Waals surface area contributed by atoms with Gasteiger partial charge in [-0.1, -0.05) is 25.3 Å². The van der Waals surface area contributed by atoms with E-state index in [0.29, 0.717) is 5.82 Å². The van der Waals surface area contributed by atoms with E-state index >= 15 is 0 Å². The van der Waals surface area contributed by atoms with Crippen molar-refractivity contribution in [2.24, 2.45) is 11.7 Å². The number of rotatable bonds is 3. The van der Waals surface area contributed by atoms with Crippen molar-refractivity contribution in [1.82, 2.24) is 4.98 Å². The summed E-state index contributed by atoms with van der Waals surface area (Å²) >= 11 is 0. The third kappa shape index (κ3) is 1.87. The van der Waals surface area contributed by atoms with E-state index in [0.717, 1.165) is 17.9 Å². The van der Waals surface area contributed by atoms with Crippen LogP contribution in [0.2, 0.25) is 0 Å². The summed E-state index contributed by atoms with van der Waals surface area (Å²) in [6.07, 6.45) is 6.77. The molecule has 0 saturated heterocycles. The van der Waals surface area contributed by atoms with Gasteiger partial charge in [0, 0.05) is 17.8 Å². The van der Waals surface area contributed by atoms with Crippen LogP contribution in [0.25, 0.3) is 0 Å². The lowest BCUT2D eigenvalue weighted by atomic mass is 9.80. The lowest BCUT2D eigenvalue weighted by Gasteiger charge is -2.28. The van der Waals surface area contributed by atoms with Gasteiger partial charge in [0.15, 0.2) is 0 Å². The highest BCUT2D eigenvalue weighted by Gasteiger charge is 2.21. The smallest absolute Gasteiger partial charge is 0.128 e. The SMILES string of the molecule is Nc1ncccc1[C@H](N)CC1CCC1. The molecule has 0 unspecified atom stereocenters. The fourth-order valence-electron chi connectivity index (χ4n) is 1.96. The Morgan fingerprint density at radius 1 is 1.50 bits per heavy atom. The van der Waals surface area contributed by atoms with Crippen LogP contribution in [0.1, 0.15) is 37.3 Å². The van der Waals surface area contributed by atoms with Gasteiger partial charge in [-0.15, -0.1) is 0 Å². The molecular formula is C11H17N3. The van der Waals surface area contributed by atoms with Crippen LogP contribution in [0.3, 0.4) is 0 Å². The summed E-state index contributed by atoms with van der Waals surface area (Å²) in [6, 6.07) is 3.94. The van der Waals surface area contributed by atoms with E-state index in [2.05, 4.69) is 4.98 Å². The highest BCUT2D eigenvalue weighted by atomic mass is 14.8. The van der Waals surface area contributed by atoms with Gasteiger partial charge in [-0.25, -0.2) is 4.98 Å². The van der Waals surface area contributed by atoms with E-state index < -0.39 is 0 Å². The molecule has 1 heterocycles. The van der Waals surface area contributed by atoms with Gasteiger partial charge in [0.05, 0.1) is 0 Å². The summed E-state index contributed by atoms with van der Waals surface area (Å²) < 4.78 is 0. The third-order valence-corrected chi connectivity index (χ3v) is 3.08. The Labute approximate surface area is 84.5 Å². The van der Waals surface area contributed by atoms with Crippen molar-refractivity contribution < 1.29 is 0 Å². The van der Waals surface area contributed by atoms with E-state index in [-0.39, 0.29) is 6.04 Å². The van der Waals surface area contributed by atoms with Gasteiger partial charge in [0.25, 0.3) is 0 Å². The second-order valence-corrected chi connectivity index (χ2v) is 4.12.